The Morgan fingerprint density at radius 1 is 1.29 bits per heavy atom. The second kappa shape index (κ2) is 6.15. The van der Waals surface area contributed by atoms with Gasteiger partial charge in [-0.3, -0.25) is 9.59 Å². The molecule has 1 atom stereocenters. The van der Waals surface area contributed by atoms with Crippen molar-refractivity contribution in [2.45, 2.75) is 38.1 Å². The predicted molar refractivity (Wildman–Crippen MR) is 81.4 cm³/mol. The summed E-state index contributed by atoms with van der Waals surface area (Å²) in [7, 11) is 0. The van der Waals surface area contributed by atoms with Crippen LogP contribution in [-0.4, -0.2) is 41.0 Å². The molecule has 0 radical (unpaired) electrons. The van der Waals surface area contributed by atoms with Crippen molar-refractivity contribution in [1.82, 2.24) is 4.90 Å². The van der Waals surface area contributed by atoms with Crippen LogP contribution in [-0.2, 0) is 4.79 Å². The van der Waals surface area contributed by atoms with Crippen LogP contribution in [0, 0.1) is 5.92 Å². The molecule has 1 saturated carbocycles. The quantitative estimate of drug-likeness (QED) is 0.895. The second-order valence-corrected chi connectivity index (χ2v) is 6.84. The number of likely N-dealkylation sites (tertiary alicyclic amines) is 1. The fourth-order valence-corrected chi connectivity index (χ4v) is 3.55. The van der Waals surface area contributed by atoms with Crippen molar-refractivity contribution >= 4 is 28.2 Å². The maximum atomic E-state index is 12.5. The Labute approximate surface area is 128 Å². The number of carbonyl (C=O) groups excluding carboxylic acids is 2. The normalized spacial score (nSPS) is 22.1. The Morgan fingerprint density at radius 3 is 2.81 bits per heavy atom. The third kappa shape index (κ3) is 3.27. The zero-order valence-electron chi connectivity index (χ0n) is 11.9. The number of nitrogens with one attached hydrogen (secondary N) is 1. The van der Waals surface area contributed by atoms with Crippen LogP contribution in [0.3, 0.4) is 0 Å². The molecule has 21 heavy (non-hydrogen) atoms. The van der Waals surface area contributed by atoms with E-state index in [9.17, 15) is 14.7 Å². The third-order valence-electron chi connectivity index (χ3n) is 4.11. The van der Waals surface area contributed by atoms with Crippen LogP contribution in [0.25, 0.3) is 0 Å². The van der Waals surface area contributed by atoms with Gasteiger partial charge in [-0.25, -0.2) is 0 Å². The molecule has 1 aliphatic carbocycles. The van der Waals surface area contributed by atoms with E-state index in [0.29, 0.717) is 11.4 Å². The molecule has 114 valence electrons. The molecule has 5 nitrogen and oxygen atoms in total. The van der Waals surface area contributed by atoms with Crippen molar-refractivity contribution in [3.63, 3.8) is 0 Å². The largest absolute Gasteiger partial charge is 0.394 e. The summed E-state index contributed by atoms with van der Waals surface area (Å²) in [6.07, 6.45) is 4.84. The fraction of sp³-hybridized carbons (Fsp3) is 0.600. The highest BCUT2D eigenvalue weighted by atomic mass is 32.1. The van der Waals surface area contributed by atoms with Crippen LogP contribution in [0.4, 0.5) is 5.00 Å². The SMILES string of the molecule is O=C(Nc1ccc(C(=O)N2CCCCC2CO)s1)C1CC1. The Hall–Kier alpha value is -1.40. The summed E-state index contributed by atoms with van der Waals surface area (Å²) in [6.45, 7) is 0.716. The van der Waals surface area contributed by atoms with Gasteiger partial charge in [-0.2, -0.15) is 0 Å². The van der Waals surface area contributed by atoms with Crippen LogP contribution < -0.4 is 5.32 Å². The summed E-state index contributed by atoms with van der Waals surface area (Å²) >= 11 is 1.32. The molecular formula is C15H20N2O3S. The van der Waals surface area contributed by atoms with Crippen LogP contribution in [0.5, 0.6) is 0 Å². The molecule has 1 unspecified atom stereocenters. The van der Waals surface area contributed by atoms with Crippen molar-refractivity contribution < 1.29 is 14.7 Å². The van der Waals surface area contributed by atoms with Crippen molar-refractivity contribution in [1.29, 1.82) is 0 Å². The molecule has 1 saturated heterocycles. The molecule has 2 fully saturated rings. The minimum Gasteiger partial charge on any atom is -0.394 e. The van der Waals surface area contributed by atoms with Gasteiger partial charge < -0.3 is 15.3 Å². The van der Waals surface area contributed by atoms with E-state index in [1.54, 1.807) is 17.0 Å². The first-order chi connectivity index (χ1) is 10.2. The van der Waals surface area contributed by atoms with E-state index in [1.807, 2.05) is 0 Å². The number of piperidine rings is 1. The Morgan fingerprint density at radius 2 is 2.10 bits per heavy atom. The number of hydrogen-bond donors (Lipinski definition) is 2. The van der Waals surface area contributed by atoms with Gasteiger partial charge in [0.1, 0.15) is 0 Å². The van der Waals surface area contributed by atoms with Crippen LogP contribution in [0.1, 0.15) is 41.8 Å². The number of nitrogens with zero attached hydrogens (tertiary/aromatic N) is 1. The Balaban J connectivity index is 1.66. The molecule has 2 amide bonds. The molecule has 2 aliphatic rings. The average molecular weight is 308 g/mol. The highest BCUT2D eigenvalue weighted by Gasteiger charge is 2.31. The molecule has 1 aromatic rings. The first-order valence-electron chi connectivity index (χ1n) is 7.51. The van der Waals surface area contributed by atoms with Gasteiger partial charge in [0.15, 0.2) is 0 Å². The van der Waals surface area contributed by atoms with Crippen molar-refractivity contribution in [3.05, 3.63) is 17.0 Å². The number of hydrogen-bond acceptors (Lipinski definition) is 4. The summed E-state index contributed by atoms with van der Waals surface area (Å²) < 4.78 is 0. The molecule has 0 aromatic carbocycles. The van der Waals surface area contributed by atoms with E-state index in [4.69, 9.17) is 0 Å². The molecule has 1 aromatic heterocycles. The molecule has 3 rings (SSSR count). The second-order valence-electron chi connectivity index (χ2n) is 5.76. The molecule has 6 heteroatoms. The summed E-state index contributed by atoms with van der Waals surface area (Å²) in [5.41, 5.74) is 0. The lowest BCUT2D eigenvalue weighted by Crippen LogP contribution is -2.45. The summed E-state index contributed by atoms with van der Waals surface area (Å²) in [6, 6.07) is 3.48. The molecule has 2 N–H and O–H groups in total. The Bertz CT molecular complexity index is 539. The molecular weight excluding hydrogens is 288 g/mol. The third-order valence-corrected chi connectivity index (χ3v) is 5.10. The maximum absolute atomic E-state index is 12.5. The predicted octanol–water partition coefficient (Wildman–Crippen LogP) is 2.08. The highest BCUT2D eigenvalue weighted by molar-refractivity contribution is 7.18. The molecule has 0 bridgehead atoms. The standard InChI is InChI=1S/C15H20N2O3S/c18-9-11-3-1-2-8-17(11)15(20)12-6-7-13(21-12)16-14(19)10-4-5-10/h6-7,10-11,18H,1-5,8-9H2,(H,16,19). The summed E-state index contributed by atoms with van der Waals surface area (Å²) in [5, 5.41) is 13.0. The highest BCUT2D eigenvalue weighted by Crippen LogP contribution is 2.32. The number of aliphatic hydroxyl groups is 1. The van der Waals surface area contributed by atoms with Crippen molar-refractivity contribution in [2.75, 3.05) is 18.5 Å². The van der Waals surface area contributed by atoms with Crippen LogP contribution in [0.2, 0.25) is 0 Å². The van der Waals surface area contributed by atoms with Gasteiger partial charge in [0.25, 0.3) is 5.91 Å². The van der Waals surface area contributed by atoms with Gasteiger partial charge in [-0.1, -0.05) is 0 Å². The van der Waals surface area contributed by atoms with Crippen LogP contribution >= 0.6 is 11.3 Å². The van der Waals surface area contributed by atoms with Crippen molar-refractivity contribution in [3.8, 4) is 0 Å². The lowest BCUT2D eigenvalue weighted by Gasteiger charge is -2.34. The maximum Gasteiger partial charge on any atom is 0.264 e. The number of anilines is 1. The van der Waals surface area contributed by atoms with Gasteiger partial charge in [-0.05, 0) is 44.2 Å². The monoisotopic (exact) mass is 308 g/mol. The zero-order chi connectivity index (χ0) is 14.8. The first kappa shape index (κ1) is 14.5. The van der Waals surface area contributed by atoms with Gasteiger partial charge in [-0.15, -0.1) is 11.3 Å². The Kier molecular flexibility index (Phi) is 4.26. The minimum absolute atomic E-state index is 0.0163. The van der Waals surface area contributed by atoms with Crippen molar-refractivity contribution in [2.24, 2.45) is 5.92 Å². The van der Waals surface area contributed by atoms with Crippen LogP contribution in [0.15, 0.2) is 12.1 Å². The van der Waals surface area contributed by atoms with E-state index in [2.05, 4.69) is 5.32 Å². The molecule has 0 spiro atoms. The van der Waals surface area contributed by atoms with Gasteiger partial charge in [0, 0.05) is 12.5 Å². The summed E-state index contributed by atoms with van der Waals surface area (Å²) in [4.78, 5) is 26.6. The van der Waals surface area contributed by atoms with Gasteiger partial charge in [0.05, 0.1) is 22.5 Å². The lowest BCUT2D eigenvalue weighted by molar-refractivity contribution is -0.117. The number of thiophene rings is 1. The lowest BCUT2D eigenvalue weighted by atomic mass is 10.0. The van der Waals surface area contributed by atoms with E-state index < -0.39 is 0 Å². The smallest absolute Gasteiger partial charge is 0.264 e. The molecule has 2 heterocycles. The van der Waals surface area contributed by atoms with E-state index in [1.165, 1.54) is 11.3 Å². The van der Waals surface area contributed by atoms with Gasteiger partial charge >= 0.3 is 0 Å². The minimum atomic E-state index is -0.0714. The zero-order valence-corrected chi connectivity index (χ0v) is 12.7. The van der Waals surface area contributed by atoms with E-state index >= 15 is 0 Å². The number of rotatable bonds is 4. The number of amides is 2. The number of carbonyl (C=O) groups is 2. The van der Waals surface area contributed by atoms with E-state index in [-0.39, 0.29) is 30.4 Å². The first-order valence-corrected chi connectivity index (χ1v) is 8.33. The fourth-order valence-electron chi connectivity index (χ4n) is 2.69. The number of aliphatic hydroxyl groups excluding tert-OH is 1. The topological polar surface area (TPSA) is 69.6 Å². The average Bonchev–Trinajstić information content (AvgIpc) is 3.27. The molecule has 1 aliphatic heterocycles. The summed E-state index contributed by atoms with van der Waals surface area (Å²) in [5.74, 6) is 0.180. The van der Waals surface area contributed by atoms with Gasteiger partial charge in [0.2, 0.25) is 5.91 Å². The van der Waals surface area contributed by atoms with E-state index in [0.717, 1.165) is 37.1 Å².